The van der Waals surface area contributed by atoms with Crippen LogP contribution in [0.25, 0.3) is 0 Å². The van der Waals surface area contributed by atoms with Gasteiger partial charge in [0.2, 0.25) is 5.91 Å². The molecule has 0 unspecified atom stereocenters. The van der Waals surface area contributed by atoms with Gasteiger partial charge in [0.25, 0.3) is 0 Å². The second-order valence-electron chi connectivity index (χ2n) is 4.04. The molecule has 0 saturated carbocycles. The molecule has 8 heteroatoms. The first-order valence-corrected chi connectivity index (χ1v) is 7.61. The van der Waals surface area contributed by atoms with Gasteiger partial charge in [-0.25, -0.2) is 9.18 Å². The number of carbonyl (C=O) groups excluding carboxylic acids is 1. The minimum atomic E-state index is -1.14. The van der Waals surface area contributed by atoms with Crippen LogP contribution < -0.4 is 5.32 Å². The second-order valence-corrected chi connectivity index (χ2v) is 5.84. The number of halogens is 1. The van der Waals surface area contributed by atoms with Crippen LogP contribution in [-0.4, -0.2) is 27.1 Å². The Labute approximate surface area is 128 Å². The summed E-state index contributed by atoms with van der Waals surface area (Å²) in [7, 11) is 0. The summed E-state index contributed by atoms with van der Waals surface area (Å²) >= 11 is 1.96. The van der Waals surface area contributed by atoms with Crippen LogP contribution in [0, 0.1) is 12.7 Å². The molecule has 1 aromatic carbocycles. The van der Waals surface area contributed by atoms with Crippen LogP contribution in [0.15, 0.2) is 29.2 Å². The summed E-state index contributed by atoms with van der Waals surface area (Å²) in [6.45, 7) is 1.56. The highest BCUT2D eigenvalue weighted by atomic mass is 32.2. The lowest BCUT2D eigenvalue weighted by Gasteiger charge is -2.04. The van der Waals surface area contributed by atoms with Gasteiger partial charge in [0.15, 0.2) is 0 Å². The molecule has 0 aliphatic carbocycles. The van der Waals surface area contributed by atoms with Crippen molar-refractivity contribution in [1.29, 1.82) is 0 Å². The summed E-state index contributed by atoms with van der Waals surface area (Å²) in [5.74, 6) is -1.96. The van der Waals surface area contributed by atoms with Crippen molar-refractivity contribution in [3.63, 3.8) is 0 Å². The molecule has 0 spiro atoms. The predicted molar refractivity (Wildman–Crippen MR) is 79.6 cm³/mol. The summed E-state index contributed by atoms with van der Waals surface area (Å²) in [5.41, 5.74) is 0.341. The van der Waals surface area contributed by atoms with Gasteiger partial charge in [-0.3, -0.25) is 4.79 Å². The van der Waals surface area contributed by atoms with Crippen molar-refractivity contribution in [3.8, 4) is 0 Å². The Bertz CT molecular complexity index is 688. The van der Waals surface area contributed by atoms with E-state index in [0.29, 0.717) is 10.6 Å². The number of aromatic carboxylic acids is 1. The molecule has 1 heterocycles. The third-order valence-electron chi connectivity index (χ3n) is 2.52. The van der Waals surface area contributed by atoms with Crippen LogP contribution in [-0.2, 0) is 4.79 Å². The summed E-state index contributed by atoms with van der Waals surface area (Å²) < 4.78 is 17.3. The molecule has 0 fully saturated rings. The maximum atomic E-state index is 13.4. The first-order valence-electron chi connectivity index (χ1n) is 5.85. The molecule has 1 aromatic heterocycles. The summed E-state index contributed by atoms with van der Waals surface area (Å²) in [5, 5.41) is 11.7. The standard InChI is InChI=1S/C13H11FN2O3S2/c1-7-11(13(18)19)12(21-16-7)15-10(17)6-20-9-5-3-2-4-8(9)14/h2-5H,6H2,1H3,(H,15,17)(H,18,19). The maximum Gasteiger partial charge on any atom is 0.340 e. The van der Waals surface area contributed by atoms with E-state index in [1.54, 1.807) is 25.1 Å². The minimum Gasteiger partial charge on any atom is -0.478 e. The van der Waals surface area contributed by atoms with Gasteiger partial charge in [-0.1, -0.05) is 12.1 Å². The fourth-order valence-electron chi connectivity index (χ4n) is 1.57. The first-order chi connectivity index (χ1) is 9.99. The van der Waals surface area contributed by atoms with Crippen LogP contribution in [0.4, 0.5) is 9.39 Å². The molecule has 0 aliphatic rings. The Morgan fingerprint density at radius 3 is 2.81 bits per heavy atom. The highest BCUT2D eigenvalue weighted by molar-refractivity contribution is 8.00. The number of rotatable bonds is 5. The highest BCUT2D eigenvalue weighted by Crippen LogP contribution is 2.26. The van der Waals surface area contributed by atoms with Crippen LogP contribution in [0.5, 0.6) is 0 Å². The van der Waals surface area contributed by atoms with E-state index in [1.807, 2.05) is 0 Å². The smallest absolute Gasteiger partial charge is 0.340 e. The number of carboxylic acids is 1. The van der Waals surface area contributed by atoms with E-state index >= 15 is 0 Å². The van der Waals surface area contributed by atoms with Gasteiger partial charge >= 0.3 is 5.97 Å². The Hall–Kier alpha value is -1.93. The van der Waals surface area contributed by atoms with Gasteiger partial charge in [-0.2, -0.15) is 4.37 Å². The molecule has 5 nitrogen and oxygen atoms in total. The Kier molecular flexibility index (Phi) is 4.92. The lowest BCUT2D eigenvalue weighted by molar-refractivity contribution is -0.113. The van der Waals surface area contributed by atoms with Gasteiger partial charge in [0, 0.05) is 4.90 Å². The topological polar surface area (TPSA) is 79.3 Å². The number of hydrogen-bond donors (Lipinski definition) is 2. The molecule has 2 N–H and O–H groups in total. The van der Waals surface area contributed by atoms with E-state index in [0.717, 1.165) is 23.3 Å². The van der Waals surface area contributed by atoms with Crippen molar-refractivity contribution in [2.45, 2.75) is 11.8 Å². The van der Waals surface area contributed by atoms with Gasteiger partial charge in [-0.05, 0) is 30.6 Å². The van der Waals surface area contributed by atoms with Crippen LogP contribution in [0.1, 0.15) is 16.1 Å². The van der Waals surface area contributed by atoms with Gasteiger partial charge < -0.3 is 10.4 Å². The van der Waals surface area contributed by atoms with Crippen LogP contribution in [0.3, 0.4) is 0 Å². The number of anilines is 1. The van der Waals surface area contributed by atoms with E-state index < -0.39 is 17.7 Å². The molecule has 0 saturated heterocycles. The number of aryl methyl sites for hydroxylation is 1. The molecule has 0 bridgehead atoms. The molecule has 0 radical (unpaired) electrons. The maximum absolute atomic E-state index is 13.4. The van der Waals surface area contributed by atoms with Gasteiger partial charge in [-0.15, -0.1) is 11.8 Å². The fourth-order valence-corrected chi connectivity index (χ4v) is 3.12. The SMILES string of the molecule is Cc1nsc(NC(=O)CSc2ccccc2F)c1C(=O)O. The van der Waals surface area contributed by atoms with E-state index in [9.17, 15) is 14.0 Å². The van der Waals surface area contributed by atoms with Gasteiger partial charge in [0.1, 0.15) is 16.4 Å². The molecule has 2 rings (SSSR count). The molecule has 0 atom stereocenters. The number of carboxylic acid groups (broad SMARTS) is 1. The molecule has 21 heavy (non-hydrogen) atoms. The molecule has 110 valence electrons. The third-order valence-corrected chi connectivity index (χ3v) is 4.43. The number of thioether (sulfide) groups is 1. The quantitative estimate of drug-likeness (QED) is 0.826. The van der Waals surface area contributed by atoms with Crippen molar-refractivity contribution in [2.75, 3.05) is 11.1 Å². The van der Waals surface area contributed by atoms with E-state index in [2.05, 4.69) is 9.69 Å². The van der Waals surface area contributed by atoms with Crippen molar-refractivity contribution in [3.05, 3.63) is 41.3 Å². The van der Waals surface area contributed by atoms with Crippen LogP contribution in [0.2, 0.25) is 0 Å². The number of amides is 1. The zero-order valence-electron chi connectivity index (χ0n) is 10.9. The summed E-state index contributed by atoms with van der Waals surface area (Å²) in [6, 6.07) is 6.14. The summed E-state index contributed by atoms with van der Waals surface area (Å²) in [4.78, 5) is 23.2. The average molecular weight is 326 g/mol. The number of nitrogens with one attached hydrogen (secondary N) is 1. The molecular weight excluding hydrogens is 315 g/mol. The molecular formula is C13H11FN2O3S2. The van der Waals surface area contributed by atoms with Crippen molar-refractivity contribution in [2.24, 2.45) is 0 Å². The first kappa shape index (κ1) is 15.5. The average Bonchev–Trinajstić information content (AvgIpc) is 2.79. The third kappa shape index (κ3) is 3.79. The highest BCUT2D eigenvalue weighted by Gasteiger charge is 2.19. The van der Waals surface area contributed by atoms with E-state index in [1.165, 1.54) is 6.07 Å². The fraction of sp³-hybridized carbons (Fsp3) is 0.154. The second kappa shape index (κ2) is 6.68. The predicted octanol–water partition coefficient (Wildman–Crippen LogP) is 3.02. The summed E-state index contributed by atoms with van der Waals surface area (Å²) in [6.07, 6.45) is 0. The number of carbonyl (C=O) groups is 2. The molecule has 1 amide bonds. The minimum absolute atomic E-state index is 0.00996. The van der Waals surface area contributed by atoms with Crippen molar-refractivity contribution < 1.29 is 19.1 Å². The molecule has 0 aliphatic heterocycles. The Morgan fingerprint density at radius 2 is 2.14 bits per heavy atom. The number of nitrogens with zero attached hydrogens (tertiary/aromatic N) is 1. The number of benzene rings is 1. The normalized spacial score (nSPS) is 10.4. The van der Waals surface area contributed by atoms with E-state index in [4.69, 9.17) is 5.11 Å². The lowest BCUT2D eigenvalue weighted by atomic mass is 10.2. The van der Waals surface area contributed by atoms with Crippen molar-refractivity contribution >= 4 is 40.2 Å². The van der Waals surface area contributed by atoms with E-state index in [-0.39, 0.29) is 16.3 Å². The lowest BCUT2D eigenvalue weighted by Crippen LogP contribution is -2.15. The Morgan fingerprint density at radius 1 is 1.43 bits per heavy atom. The zero-order chi connectivity index (χ0) is 15.4. The zero-order valence-corrected chi connectivity index (χ0v) is 12.6. The molecule has 2 aromatic rings. The van der Waals surface area contributed by atoms with Crippen molar-refractivity contribution in [1.82, 2.24) is 4.37 Å². The van der Waals surface area contributed by atoms with Crippen LogP contribution >= 0.6 is 23.3 Å². The van der Waals surface area contributed by atoms with Gasteiger partial charge in [0.05, 0.1) is 11.4 Å². The monoisotopic (exact) mass is 326 g/mol. The number of aromatic nitrogens is 1. The largest absolute Gasteiger partial charge is 0.478 e. The Balaban J connectivity index is 2.00. The number of hydrogen-bond acceptors (Lipinski definition) is 5.